The number of aromatic carboxylic acids is 1. The van der Waals surface area contributed by atoms with E-state index in [0.29, 0.717) is 11.2 Å². The fraction of sp³-hybridized carbons (Fsp3) is 0.154. The predicted molar refractivity (Wildman–Crippen MR) is 126 cm³/mol. The fourth-order valence-corrected chi connectivity index (χ4v) is 4.52. The van der Waals surface area contributed by atoms with Crippen LogP contribution in [0.5, 0.6) is 0 Å². The summed E-state index contributed by atoms with van der Waals surface area (Å²) in [5, 5.41) is 10.7. The number of carbonyl (C=O) groups excluding carboxylic acids is 1. The number of carbonyl (C=O) groups is 2. The maximum absolute atomic E-state index is 15.1. The lowest BCUT2D eigenvalue weighted by molar-refractivity contribution is -0.113. The highest BCUT2D eigenvalue weighted by atomic mass is 19.1. The SMILES string of the molecule is Cc1nc2cc(F)c(Cn3c(C(=O)O)c(C4=CC=CCC4=O)c4cc(C)c(F)cc43)cc2c(=O)[nH]1. The van der Waals surface area contributed by atoms with E-state index in [-0.39, 0.29) is 63.1 Å². The second-order valence-electron chi connectivity index (χ2n) is 8.48. The lowest BCUT2D eigenvalue weighted by Crippen LogP contribution is -2.15. The van der Waals surface area contributed by atoms with Crippen LogP contribution in [0.2, 0.25) is 0 Å². The van der Waals surface area contributed by atoms with E-state index in [1.807, 2.05) is 0 Å². The average molecular weight is 475 g/mol. The number of hydrogen-bond acceptors (Lipinski definition) is 4. The van der Waals surface area contributed by atoms with Gasteiger partial charge in [-0.25, -0.2) is 18.6 Å². The molecule has 2 aromatic carbocycles. The lowest BCUT2D eigenvalue weighted by Gasteiger charge is -2.12. The maximum atomic E-state index is 15.1. The molecular formula is C26H19F2N3O4. The molecule has 0 spiro atoms. The monoisotopic (exact) mass is 475 g/mol. The third-order valence-electron chi connectivity index (χ3n) is 6.14. The molecule has 9 heteroatoms. The number of carboxylic acid groups (broad SMARTS) is 1. The number of rotatable bonds is 4. The van der Waals surface area contributed by atoms with Crippen LogP contribution in [0.1, 0.15) is 39.4 Å². The van der Waals surface area contributed by atoms with Gasteiger partial charge in [-0.1, -0.05) is 18.2 Å². The number of aromatic nitrogens is 3. The molecule has 7 nitrogen and oxygen atoms in total. The summed E-state index contributed by atoms with van der Waals surface area (Å²) in [7, 11) is 0. The molecule has 4 aromatic rings. The third kappa shape index (κ3) is 3.65. The molecular weight excluding hydrogens is 456 g/mol. The Morgan fingerprint density at radius 2 is 1.89 bits per heavy atom. The highest BCUT2D eigenvalue weighted by molar-refractivity contribution is 6.27. The van der Waals surface area contributed by atoms with Crippen LogP contribution in [0, 0.1) is 25.5 Å². The van der Waals surface area contributed by atoms with Gasteiger partial charge in [-0.05, 0) is 37.6 Å². The van der Waals surface area contributed by atoms with Crippen LogP contribution in [0.4, 0.5) is 8.78 Å². The zero-order valence-electron chi connectivity index (χ0n) is 18.8. The van der Waals surface area contributed by atoms with Gasteiger partial charge in [0.05, 0.1) is 23.0 Å². The van der Waals surface area contributed by atoms with Gasteiger partial charge in [0.2, 0.25) is 0 Å². The van der Waals surface area contributed by atoms with Crippen molar-refractivity contribution >= 4 is 39.1 Å². The normalized spacial score (nSPS) is 13.6. The number of ketones is 1. The van der Waals surface area contributed by atoms with Crippen molar-refractivity contribution in [1.29, 1.82) is 0 Å². The number of Topliss-reactive ketones (excluding diaryl/α,β-unsaturated/α-hetero) is 1. The van der Waals surface area contributed by atoms with E-state index in [1.54, 1.807) is 19.1 Å². The molecule has 0 fully saturated rings. The van der Waals surface area contributed by atoms with Crippen molar-refractivity contribution in [3.05, 3.63) is 92.7 Å². The highest BCUT2D eigenvalue weighted by Gasteiger charge is 2.29. The molecule has 2 aromatic heterocycles. The summed E-state index contributed by atoms with van der Waals surface area (Å²) in [4.78, 5) is 44.3. The molecule has 0 atom stereocenters. The highest BCUT2D eigenvalue weighted by Crippen LogP contribution is 2.36. The van der Waals surface area contributed by atoms with Crippen LogP contribution in [0.3, 0.4) is 0 Å². The molecule has 0 amide bonds. The van der Waals surface area contributed by atoms with Gasteiger partial charge in [0.25, 0.3) is 5.56 Å². The number of aromatic amines is 1. The topological polar surface area (TPSA) is 105 Å². The van der Waals surface area contributed by atoms with Gasteiger partial charge in [0, 0.05) is 34.6 Å². The lowest BCUT2D eigenvalue weighted by atomic mass is 9.93. The summed E-state index contributed by atoms with van der Waals surface area (Å²) < 4.78 is 31.0. The first-order valence-electron chi connectivity index (χ1n) is 10.8. The Labute approximate surface area is 197 Å². The van der Waals surface area contributed by atoms with Crippen molar-refractivity contribution in [2.24, 2.45) is 0 Å². The molecule has 35 heavy (non-hydrogen) atoms. The van der Waals surface area contributed by atoms with Crippen LogP contribution in [-0.2, 0) is 11.3 Å². The van der Waals surface area contributed by atoms with Crippen LogP contribution in [0.15, 0.2) is 47.3 Å². The number of benzene rings is 2. The van der Waals surface area contributed by atoms with Gasteiger partial charge >= 0.3 is 5.97 Å². The number of aryl methyl sites for hydroxylation is 2. The van der Waals surface area contributed by atoms with Crippen molar-refractivity contribution in [3.63, 3.8) is 0 Å². The number of carboxylic acids is 1. The Morgan fingerprint density at radius 3 is 2.60 bits per heavy atom. The molecule has 0 radical (unpaired) electrons. The van der Waals surface area contributed by atoms with Crippen LogP contribution < -0.4 is 5.56 Å². The Kier molecular flexibility index (Phi) is 5.20. The van der Waals surface area contributed by atoms with E-state index >= 15 is 4.39 Å². The number of nitrogens with zero attached hydrogens (tertiary/aromatic N) is 2. The minimum Gasteiger partial charge on any atom is -0.477 e. The molecule has 2 heterocycles. The summed E-state index contributed by atoms with van der Waals surface area (Å²) in [5.41, 5.74) is 0.263. The number of allylic oxidation sites excluding steroid dienone is 4. The zero-order chi connectivity index (χ0) is 25.0. The Morgan fingerprint density at radius 1 is 1.11 bits per heavy atom. The number of halogens is 2. The van der Waals surface area contributed by atoms with Gasteiger partial charge < -0.3 is 14.7 Å². The Balaban J connectivity index is 1.82. The standard InChI is InChI=1S/C26H19F2N3O4/c1-12-7-17-21(10-18(12)27)31(24(26(34)35)23(17)15-5-3-4-6-22(15)32)11-14-8-16-20(9-19(14)28)29-13(2)30-25(16)33/h3-5,7-10H,6,11H2,1-2H3,(H,34,35)(H,29,30,33). The number of fused-ring (bicyclic) bond motifs is 2. The fourth-order valence-electron chi connectivity index (χ4n) is 4.52. The van der Waals surface area contributed by atoms with Gasteiger partial charge in [-0.15, -0.1) is 0 Å². The molecule has 0 saturated carbocycles. The van der Waals surface area contributed by atoms with Crippen molar-refractivity contribution in [1.82, 2.24) is 14.5 Å². The second kappa shape index (κ2) is 8.12. The summed E-state index contributed by atoms with van der Waals surface area (Å²) in [6.07, 6.45) is 4.95. The number of nitrogens with one attached hydrogen (secondary N) is 1. The van der Waals surface area contributed by atoms with E-state index in [2.05, 4.69) is 9.97 Å². The van der Waals surface area contributed by atoms with E-state index in [9.17, 15) is 23.9 Å². The zero-order valence-corrected chi connectivity index (χ0v) is 18.8. The number of hydrogen-bond donors (Lipinski definition) is 2. The quantitative estimate of drug-likeness (QED) is 0.454. The average Bonchev–Trinajstić information content (AvgIpc) is 3.08. The molecule has 1 aliphatic rings. The molecule has 0 unspecified atom stereocenters. The predicted octanol–water partition coefficient (Wildman–Crippen LogP) is 4.43. The smallest absolute Gasteiger partial charge is 0.353 e. The summed E-state index contributed by atoms with van der Waals surface area (Å²) in [5.74, 6) is -2.57. The second-order valence-corrected chi connectivity index (χ2v) is 8.48. The summed E-state index contributed by atoms with van der Waals surface area (Å²) in [6, 6.07) is 5.10. The van der Waals surface area contributed by atoms with Crippen LogP contribution in [0.25, 0.3) is 27.4 Å². The first-order chi connectivity index (χ1) is 16.7. The maximum Gasteiger partial charge on any atom is 0.353 e. The number of H-pyrrole nitrogens is 1. The molecule has 1 aliphatic carbocycles. The molecule has 2 N–H and O–H groups in total. The molecule has 0 bridgehead atoms. The molecule has 0 aliphatic heterocycles. The first-order valence-corrected chi connectivity index (χ1v) is 10.8. The van der Waals surface area contributed by atoms with Crippen molar-refractivity contribution < 1.29 is 23.5 Å². The Hall–Kier alpha value is -4.40. The first kappa shape index (κ1) is 22.4. The largest absolute Gasteiger partial charge is 0.477 e. The van der Waals surface area contributed by atoms with Gasteiger partial charge in [-0.3, -0.25) is 9.59 Å². The minimum absolute atomic E-state index is 0.0180. The molecule has 0 saturated heterocycles. The minimum atomic E-state index is -1.35. The van der Waals surface area contributed by atoms with E-state index in [0.717, 1.165) is 6.07 Å². The van der Waals surface area contributed by atoms with Gasteiger partial charge in [0.1, 0.15) is 23.2 Å². The van der Waals surface area contributed by atoms with Crippen molar-refractivity contribution in [3.8, 4) is 0 Å². The van der Waals surface area contributed by atoms with Crippen LogP contribution in [-0.4, -0.2) is 31.4 Å². The molecule has 176 valence electrons. The van der Waals surface area contributed by atoms with E-state index in [1.165, 1.54) is 35.8 Å². The molecule has 5 rings (SSSR count). The van der Waals surface area contributed by atoms with E-state index in [4.69, 9.17) is 0 Å². The van der Waals surface area contributed by atoms with E-state index < -0.39 is 23.2 Å². The summed E-state index contributed by atoms with van der Waals surface area (Å²) in [6.45, 7) is 2.80. The van der Waals surface area contributed by atoms with Crippen molar-refractivity contribution in [2.75, 3.05) is 0 Å². The van der Waals surface area contributed by atoms with Gasteiger partial charge in [0.15, 0.2) is 5.78 Å². The van der Waals surface area contributed by atoms with Crippen molar-refractivity contribution in [2.45, 2.75) is 26.8 Å². The summed E-state index contributed by atoms with van der Waals surface area (Å²) >= 11 is 0. The Bertz CT molecular complexity index is 1710. The third-order valence-corrected chi connectivity index (χ3v) is 6.14. The van der Waals surface area contributed by atoms with Gasteiger partial charge in [-0.2, -0.15) is 0 Å². The van der Waals surface area contributed by atoms with Crippen LogP contribution >= 0.6 is 0 Å².